The van der Waals surface area contributed by atoms with E-state index in [2.05, 4.69) is 10.6 Å². The van der Waals surface area contributed by atoms with Crippen LogP contribution in [0.1, 0.15) is 15.9 Å². The second-order valence-corrected chi connectivity index (χ2v) is 7.75. The molecule has 0 aliphatic carbocycles. The van der Waals surface area contributed by atoms with E-state index in [1.165, 1.54) is 36.6 Å². The van der Waals surface area contributed by atoms with Gasteiger partial charge in [0.2, 0.25) is 0 Å². The number of benzene rings is 2. The first-order valence-electron chi connectivity index (χ1n) is 10.1. The molecule has 1 aromatic heterocycles. The monoisotopic (exact) mass is 495 g/mol. The number of anilines is 2. The molecule has 0 atom stereocenters. The van der Waals surface area contributed by atoms with Crippen molar-refractivity contribution in [2.75, 3.05) is 38.1 Å². The van der Waals surface area contributed by atoms with Crippen LogP contribution >= 0.6 is 11.3 Å². The molecule has 0 aliphatic heterocycles. The minimum atomic E-state index is -0.756. The number of methoxy groups -OCH3 is 2. The number of esters is 1. The van der Waals surface area contributed by atoms with E-state index in [0.29, 0.717) is 22.0 Å². The smallest absolute Gasteiger partial charge is 0.338 e. The predicted molar refractivity (Wildman–Crippen MR) is 128 cm³/mol. The summed E-state index contributed by atoms with van der Waals surface area (Å²) in [6, 6.07) is 14.6. The van der Waals surface area contributed by atoms with Gasteiger partial charge in [-0.3, -0.25) is 9.59 Å². The normalized spacial score (nSPS) is 9.97. The Morgan fingerprint density at radius 3 is 2.34 bits per heavy atom. The Morgan fingerprint density at radius 1 is 0.914 bits per heavy atom. The van der Waals surface area contributed by atoms with E-state index in [9.17, 15) is 14.4 Å². The highest BCUT2D eigenvalue weighted by molar-refractivity contribution is 7.14. The standard InChI is InChI=1S/C24H21N3O7S/c1-31-18-6-4-17(5-7-18)26-21(28)13-33-19-8-3-15(11-20(19)32-2)24(30)34-14-22(29)27-23-16(12-25)9-10-35-23/h3-11H,13-14H2,1-2H3,(H,26,28)(H,27,29). The minimum Gasteiger partial charge on any atom is -0.497 e. The summed E-state index contributed by atoms with van der Waals surface area (Å²) in [5.74, 6) is -0.608. The number of nitriles is 1. The highest BCUT2D eigenvalue weighted by atomic mass is 32.1. The predicted octanol–water partition coefficient (Wildman–Crippen LogP) is 3.45. The number of ether oxygens (including phenoxy) is 4. The molecule has 0 aliphatic rings. The van der Waals surface area contributed by atoms with Crippen molar-refractivity contribution in [2.24, 2.45) is 0 Å². The van der Waals surface area contributed by atoms with E-state index in [4.69, 9.17) is 24.2 Å². The summed E-state index contributed by atoms with van der Waals surface area (Å²) in [6.07, 6.45) is 0. The summed E-state index contributed by atoms with van der Waals surface area (Å²) in [5, 5.41) is 16.2. The molecule has 0 fully saturated rings. The number of nitrogens with one attached hydrogen (secondary N) is 2. The Hall–Kier alpha value is -4.56. The molecule has 3 rings (SSSR count). The number of nitrogens with zero attached hydrogens (tertiary/aromatic N) is 1. The lowest BCUT2D eigenvalue weighted by Crippen LogP contribution is -2.21. The van der Waals surface area contributed by atoms with E-state index in [-0.39, 0.29) is 23.7 Å². The number of hydrogen-bond acceptors (Lipinski definition) is 9. The number of thiophene rings is 1. The van der Waals surface area contributed by atoms with E-state index in [0.717, 1.165) is 0 Å². The summed E-state index contributed by atoms with van der Waals surface area (Å²) >= 11 is 1.19. The average molecular weight is 496 g/mol. The van der Waals surface area contributed by atoms with Crippen molar-refractivity contribution in [1.82, 2.24) is 0 Å². The van der Waals surface area contributed by atoms with Crippen molar-refractivity contribution in [2.45, 2.75) is 0 Å². The molecule has 35 heavy (non-hydrogen) atoms. The maximum Gasteiger partial charge on any atom is 0.338 e. The maximum absolute atomic E-state index is 12.3. The second kappa shape index (κ2) is 12.1. The molecule has 2 aromatic carbocycles. The molecule has 0 saturated carbocycles. The van der Waals surface area contributed by atoms with Gasteiger partial charge in [-0.2, -0.15) is 5.26 Å². The third-order valence-corrected chi connectivity index (χ3v) is 5.33. The van der Waals surface area contributed by atoms with E-state index >= 15 is 0 Å². The molecule has 0 radical (unpaired) electrons. The van der Waals surface area contributed by atoms with Crippen LogP contribution in [0, 0.1) is 11.3 Å². The van der Waals surface area contributed by atoms with Gasteiger partial charge in [0.25, 0.3) is 11.8 Å². The number of carbonyl (C=O) groups is 3. The lowest BCUT2D eigenvalue weighted by atomic mass is 10.2. The fraction of sp³-hybridized carbons (Fsp3) is 0.167. The molecule has 2 amide bonds. The van der Waals surface area contributed by atoms with Crippen LogP contribution in [0.3, 0.4) is 0 Å². The van der Waals surface area contributed by atoms with Crippen LogP contribution in [0.15, 0.2) is 53.9 Å². The summed E-state index contributed by atoms with van der Waals surface area (Å²) in [6.45, 7) is -0.826. The maximum atomic E-state index is 12.3. The molecular weight excluding hydrogens is 474 g/mol. The van der Waals surface area contributed by atoms with Gasteiger partial charge in [-0.25, -0.2) is 4.79 Å². The first-order valence-corrected chi connectivity index (χ1v) is 11.0. The van der Waals surface area contributed by atoms with Crippen LogP contribution < -0.4 is 24.8 Å². The Balaban J connectivity index is 1.52. The van der Waals surface area contributed by atoms with Gasteiger partial charge in [0.1, 0.15) is 16.8 Å². The molecule has 0 unspecified atom stereocenters. The van der Waals surface area contributed by atoms with Gasteiger partial charge >= 0.3 is 5.97 Å². The highest BCUT2D eigenvalue weighted by Crippen LogP contribution is 2.28. The molecule has 0 saturated heterocycles. The van der Waals surface area contributed by atoms with Gasteiger partial charge in [-0.15, -0.1) is 11.3 Å². The van der Waals surface area contributed by atoms with Gasteiger partial charge in [-0.1, -0.05) is 0 Å². The summed E-state index contributed by atoms with van der Waals surface area (Å²) in [4.78, 5) is 36.6. The van der Waals surface area contributed by atoms with Crippen LogP contribution in [0.4, 0.5) is 10.7 Å². The van der Waals surface area contributed by atoms with Gasteiger partial charge in [0, 0.05) is 5.69 Å². The number of carbonyl (C=O) groups excluding carboxylic acids is 3. The Bertz CT molecular complexity index is 1250. The van der Waals surface area contributed by atoms with Crippen molar-refractivity contribution < 1.29 is 33.3 Å². The largest absolute Gasteiger partial charge is 0.497 e. The summed E-state index contributed by atoms with van der Waals surface area (Å²) in [7, 11) is 2.94. The van der Waals surface area contributed by atoms with Crippen LogP contribution in [0.5, 0.6) is 17.2 Å². The molecule has 0 spiro atoms. The quantitative estimate of drug-likeness (QED) is 0.408. The first kappa shape index (κ1) is 25.1. The molecule has 2 N–H and O–H groups in total. The third kappa shape index (κ3) is 6.96. The molecule has 11 heteroatoms. The highest BCUT2D eigenvalue weighted by Gasteiger charge is 2.16. The topological polar surface area (TPSA) is 136 Å². The van der Waals surface area contributed by atoms with Crippen LogP contribution in [-0.4, -0.2) is 45.2 Å². The van der Waals surface area contributed by atoms with Crippen molar-refractivity contribution in [3.8, 4) is 23.3 Å². The molecule has 180 valence electrons. The molecule has 10 nitrogen and oxygen atoms in total. The van der Waals surface area contributed by atoms with Crippen molar-refractivity contribution in [1.29, 1.82) is 5.26 Å². The number of rotatable bonds is 10. The van der Waals surface area contributed by atoms with Gasteiger partial charge < -0.3 is 29.6 Å². The van der Waals surface area contributed by atoms with E-state index in [1.807, 2.05) is 6.07 Å². The SMILES string of the molecule is COc1ccc(NC(=O)COc2ccc(C(=O)OCC(=O)Nc3sccc3C#N)cc2OC)cc1. The summed E-state index contributed by atoms with van der Waals surface area (Å²) < 4.78 is 20.9. The molecule has 3 aromatic rings. The Kier molecular flexibility index (Phi) is 8.64. The number of amides is 2. The van der Waals surface area contributed by atoms with Gasteiger partial charge in [-0.05, 0) is 53.9 Å². The Morgan fingerprint density at radius 2 is 1.66 bits per heavy atom. The Labute approximate surface area is 205 Å². The first-order chi connectivity index (χ1) is 16.9. The van der Waals surface area contributed by atoms with Gasteiger partial charge in [0.05, 0.1) is 25.3 Å². The lowest BCUT2D eigenvalue weighted by Gasteiger charge is -2.12. The summed E-state index contributed by atoms with van der Waals surface area (Å²) in [5.41, 5.74) is 1.03. The van der Waals surface area contributed by atoms with Crippen molar-refractivity contribution in [3.63, 3.8) is 0 Å². The fourth-order valence-electron chi connectivity index (χ4n) is 2.80. The van der Waals surface area contributed by atoms with E-state index in [1.54, 1.807) is 42.8 Å². The zero-order valence-corrected chi connectivity index (χ0v) is 19.6. The second-order valence-electron chi connectivity index (χ2n) is 6.83. The average Bonchev–Trinajstić information content (AvgIpc) is 3.33. The third-order valence-electron chi connectivity index (χ3n) is 4.50. The van der Waals surface area contributed by atoms with Crippen molar-refractivity contribution in [3.05, 3.63) is 65.0 Å². The molecular formula is C24H21N3O7S. The fourth-order valence-corrected chi connectivity index (χ4v) is 3.55. The molecule has 0 bridgehead atoms. The molecule has 1 heterocycles. The van der Waals surface area contributed by atoms with E-state index < -0.39 is 24.4 Å². The lowest BCUT2D eigenvalue weighted by molar-refractivity contribution is -0.119. The zero-order valence-electron chi connectivity index (χ0n) is 18.8. The van der Waals surface area contributed by atoms with Crippen LogP contribution in [0.25, 0.3) is 0 Å². The minimum absolute atomic E-state index is 0.124. The number of hydrogen-bond donors (Lipinski definition) is 2. The van der Waals surface area contributed by atoms with Crippen LogP contribution in [0.2, 0.25) is 0 Å². The zero-order chi connectivity index (χ0) is 25.2. The van der Waals surface area contributed by atoms with Gasteiger partial charge in [0.15, 0.2) is 24.7 Å². The van der Waals surface area contributed by atoms with Crippen LogP contribution in [-0.2, 0) is 14.3 Å². The van der Waals surface area contributed by atoms with Crippen molar-refractivity contribution >= 4 is 39.8 Å².